The first-order chi connectivity index (χ1) is 17.1. The van der Waals surface area contributed by atoms with Crippen molar-refractivity contribution in [3.05, 3.63) is 102 Å². The topological polar surface area (TPSA) is 88.9 Å². The number of nitrogens with one attached hydrogen (secondary N) is 2. The van der Waals surface area contributed by atoms with Crippen LogP contribution in [0, 0.1) is 5.82 Å². The number of nitrogens with zero attached hydrogens (tertiary/aromatic N) is 3. The Bertz CT molecular complexity index is 1300. The minimum Gasteiger partial charge on any atom is -0.341 e. The number of halogens is 1. The third-order valence-corrected chi connectivity index (χ3v) is 6.56. The smallest absolute Gasteiger partial charge is 0.321 e. The molecule has 0 spiro atoms. The van der Waals surface area contributed by atoms with Gasteiger partial charge in [0.2, 0.25) is 5.91 Å². The van der Waals surface area contributed by atoms with E-state index in [0.29, 0.717) is 35.1 Å². The molecule has 7 nitrogen and oxygen atoms in total. The highest BCUT2D eigenvalue weighted by molar-refractivity contribution is 8.00. The number of urea groups is 1. The van der Waals surface area contributed by atoms with Crippen LogP contribution in [0.2, 0.25) is 0 Å². The molecule has 178 valence electrons. The SMILES string of the molecule is CNC(=O)NC(=O)C(Sc1nnc(-c2ccccc2F)n1CCc1ccccc1)c1ccccc1. The molecule has 9 heteroatoms. The van der Waals surface area contributed by atoms with Gasteiger partial charge in [0.05, 0.1) is 5.56 Å². The predicted octanol–water partition coefficient (Wildman–Crippen LogP) is 4.62. The van der Waals surface area contributed by atoms with Gasteiger partial charge in [-0.3, -0.25) is 10.1 Å². The number of hydrogen-bond donors (Lipinski definition) is 2. The number of imide groups is 1. The van der Waals surface area contributed by atoms with Crippen molar-refractivity contribution in [1.29, 1.82) is 0 Å². The molecule has 2 N–H and O–H groups in total. The molecule has 0 fully saturated rings. The summed E-state index contributed by atoms with van der Waals surface area (Å²) in [6.45, 7) is 0.474. The molecule has 4 rings (SSSR count). The zero-order chi connectivity index (χ0) is 24.6. The molecule has 0 aliphatic rings. The maximum atomic E-state index is 14.7. The Morgan fingerprint density at radius 2 is 1.60 bits per heavy atom. The largest absolute Gasteiger partial charge is 0.341 e. The van der Waals surface area contributed by atoms with E-state index in [9.17, 15) is 14.0 Å². The third kappa shape index (κ3) is 5.93. The zero-order valence-corrected chi connectivity index (χ0v) is 19.8. The summed E-state index contributed by atoms with van der Waals surface area (Å²) in [5.41, 5.74) is 2.13. The number of aryl methyl sites for hydroxylation is 1. The summed E-state index contributed by atoms with van der Waals surface area (Å²) in [5, 5.41) is 13.0. The highest BCUT2D eigenvalue weighted by Crippen LogP contribution is 2.36. The zero-order valence-electron chi connectivity index (χ0n) is 19.0. The molecule has 35 heavy (non-hydrogen) atoms. The predicted molar refractivity (Wildman–Crippen MR) is 133 cm³/mol. The monoisotopic (exact) mass is 489 g/mol. The second kappa shape index (κ2) is 11.4. The van der Waals surface area contributed by atoms with Gasteiger partial charge in [0.25, 0.3) is 0 Å². The van der Waals surface area contributed by atoms with E-state index in [4.69, 9.17) is 0 Å². The summed E-state index contributed by atoms with van der Waals surface area (Å²) < 4.78 is 16.5. The molecule has 0 saturated heterocycles. The van der Waals surface area contributed by atoms with Gasteiger partial charge in [-0.15, -0.1) is 10.2 Å². The quantitative estimate of drug-likeness (QED) is 0.353. The second-order valence-electron chi connectivity index (χ2n) is 7.65. The van der Waals surface area contributed by atoms with Crippen LogP contribution < -0.4 is 10.6 Å². The average Bonchev–Trinajstić information content (AvgIpc) is 3.29. The van der Waals surface area contributed by atoms with E-state index in [-0.39, 0.29) is 0 Å². The summed E-state index contributed by atoms with van der Waals surface area (Å²) in [5.74, 6) is -0.528. The van der Waals surface area contributed by atoms with Crippen molar-refractivity contribution in [2.24, 2.45) is 0 Å². The molecular formula is C26H24FN5O2S. The Hall–Kier alpha value is -3.98. The number of hydrogen-bond acceptors (Lipinski definition) is 5. The van der Waals surface area contributed by atoms with E-state index < -0.39 is 23.0 Å². The van der Waals surface area contributed by atoms with Gasteiger partial charge in [-0.1, -0.05) is 84.6 Å². The number of thioether (sulfide) groups is 1. The Kier molecular flexibility index (Phi) is 7.89. The maximum Gasteiger partial charge on any atom is 0.321 e. The van der Waals surface area contributed by atoms with Crippen LogP contribution in [0.15, 0.2) is 90.1 Å². The molecule has 0 bridgehead atoms. The van der Waals surface area contributed by atoms with Gasteiger partial charge in [0, 0.05) is 13.6 Å². The van der Waals surface area contributed by atoms with Gasteiger partial charge in [0.15, 0.2) is 11.0 Å². The highest BCUT2D eigenvalue weighted by atomic mass is 32.2. The van der Waals surface area contributed by atoms with Gasteiger partial charge >= 0.3 is 6.03 Å². The van der Waals surface area contributed by atoms with Gasteiger partial charge in [-0.2, -0.15) is 0 Å². The lowest BCUT2D eigenvalue weighted by Gasteiger charge is -2.17. The van der Waals surface area contributed by atoms with E-state index in [2.05, 4.69) is 20.8 Å². The summed E-state index contributed by atoms with van der Waals surface area (Å²) in [7, 11) is 1.44. The molecule has 3 aromatic carbocycles. The van der Waals surface area contributed by atoms with E-state index in [1.54, 1.807) is 18.2 Å². The van der Waals surface area contributed by atoms with Gasteiger partial charge in [-0.25, -0.2) is 9.18 Å². The Balaban J connectivity index is 1.71. The first-order valence-electron chi connectivity index (χ1n) is 11.0. The van der Waals surface area contributed by atoms with Crippen LogP contribution in [0.5, 0.6) is 0 Å². The van der Waals surface area contributed by atoms with Gasteiger partial charge in [0.1, 0.15) is 11.1 Å². The second-order valence-corrected chi connectivity index (χ2v) is 8.72. The van der Waals surface area contributed by atoms with Gasteiger partial charge < -0.3 is 9.88 Å². The van der Waals surface area contributed by atoms with Crippen LogP contribution in [0.4, 0.5) is 9.18 Å². The molecule has 0 saturated carbocycles. The normalized spacial score (nSPS) is 11.6. The molecule has 1 atom stereocenters. The van der Waals surface area contributed by atoms with Crippen molar-refractivity contribution in [3.63, 3.8) is 0 Å². The molecule has 0 radical (unpaired) electrons. The van der Waals surface area contributed by atoms with Crippen molar-refractivity contribution in [3.8, 4) is 11.4 Å². The molecule has 1 unspecified atom stereocenters. The van der Waals surface area contributed by atoms with Crippen LogP contribution in [0.25, 0.3) is 11.4 Å². The van der Waals surface area contributed by atoms with Crippen molar-refractivity contribution < 1.29 is 14.0 Å². The Morgan fingerprint density at radius 3 is 2.29 bits per heavy atom. The third-order valence-electron chi connectivity index (χ3n) is 5.33. The molecule has 1 aromatic heterocycles. The Morgan fingerprint density at radius 1 is 0.943 bits per heavy atom. The molecule has 3 amide bonds. The fourth-order valence-electron chi connectivity index (χ4n) is 3.55. The van der Waals surface area contributed by atoms with Crippen molar-refractivity contribution in [1.82, 2.24) is 25.4 Å². The van der Waals surface area contributed by atoms with Crippen LogP contribution in [0.1, 0.15) is 16.4 Å². The first kappa shape index (κ1) is 24.2. The van der Waals surface area contributed by atoms with Crippen LogP contribution >= 0.6 is 11.8 Å². The number of carbonyl (C=O) groups excluding carboxylic acids is 2. The fourth-order valence-corrected chi connectivity index (χ4v) is 4.61. The summed E-state index contributed by atoms with van der Waals surface area (Å²) >= 11 is 1.16. The van der Waals surface area contributed by atoms with E-state index in [1.807, 2.05) is 65.2 Å². The lowest BCUT2D eigenvalue weighted by molar-refractivity contribution is -0.119. The Labute approximate surface area is 206 Å². The van der Waals surface area contributed by atoms with E-state index >= 15 is 0 Å². The molecule has 0 aliphatic carbocycles. The van der Waals surface area contributed by atoms with Crippen LogP contribution in [-0.2, 0) is 17.8 Å². The lowest BCUT2D eigenvalue weighted by atomic mass is 10.1. The highest BCUT2D eigenvalue weighted by Gasteiger charge is 2.27. The summed E-state index contributed by atoms with van der Waals surface area (Å²) in [6.07, 6.45) is 0.661. The standard InChI is InChI=1S/C26H24FN5O2S/c1-28-25(34)29-24(33)22(19-12-6-3-7-13-19)35-26-31-30-23(20-14-8-9-15-21(20)27)32(26)17-16-18-10-4-2-5-11-18/h2-15,22H,16-17H2,1H3,(H2,28,29,33,34). The number of rotatable bonds is 8. The number of benzene rings is 3. The average molecular weight is 490 g/mol. The van der Waals surface area contributed by atoms with Crippen LogP contribution in [0.3, 0.4) is 0 Å². The number of amides is 3. The number of aromatic nitrogens is 3. The maximum absolute atomic E-state index is 14.7. The van der Waals surface area contributed by atoms with Crippen molar-refractivity contribution in [2.75, 3.05) is 7.05 Å². The van der Waals surface area contributed by atoms with E-state index in [0.717, 1.165) is 17.3 Å². The fraction of sp³-hybridized carbons (Fsp3) is 0.154. The molecular weight excluding hydrogens is 465 g/mol. The lowest BCUT2D eigenvalue weighted by Crippen LogP contribution is -2.39. The molecule has 1 heterocycles. The van der Waals surface area contributed by atoms with Crippen molar-refractivity contribution in [2.45, 2.75) is 23.4 Å². The summed E-state index contributed by atoms with van der Waals surface area (Å²) in [6, 6.07) is 24.8. The van der Waals surface area contributed by atoms with Crippen molar-refractivity contribution >= 4 is 23.7 Å². The minimum absolute atomic E-state index is 0.325. The summed E-state index contributed by atoms with van der Waals surface area (Å²) in [4.78, 5) is 24.9. The van der Waals surface area contributed by atoms with E-state index in [1.165, 1.54) is 13.1 Å². The molecule has 0 aliphatic heterocycles. The van der Waals surface area contributed by atoms with Crippen LogP contribution in [-0.4, -0.2) is 33.8 Å². The first-order valence-corrected chi connectivity index (χ1v) is 11.9. The van der Waals surface area contributed by atoms with Gasteiger partial charge in [-0.05, 0) is 29.7 Å². The molecule has 4 aromatic rings. The minimum atomic E-state index is -0.776. The number of carbonyl (C=O) groups is 2.